The molecule has 1 aliphatic heterocycles. The maximum Gasteiger partial charge on any atom is 0.125 e. The van der Waals surface area contributed by atoms with Gasteiger partial charge in [0.15, 0.2) is 0 Å². The van der Waals surface area contributed by atoms with Gasteiger partial charge in [-0.2, -0.15) is 0 Å². The van der Waals surface area contributed by atoms with Gasteiger partial charge < -0.3 is 10.2 Å². The fraction of sp³-hybridized carbons (Fsp3) is 0.615. The van der Waals surface area contributed by atoms with Crippen LogP contribution in [-0.4, -0.2) is 35.6 Å². The normalized spacial score (nSPS) is 25.1. The molecule has 0 bridgehead atoms. The van der Waals surface area contributed by atoms with Gasteiger partial charge in [0.1, 0.15) is 5.82 Å². The van der Waals surface area contributed by atoms with Crippen LogP contribution in [0.15, 0.2) is 18.3 Å². The molecule has 1 aliphatic carbocycles. The van der Waals surface area contributed by atoms with Crippen molar-refractivity contribution in [3.63, 3.8) is 0 Å². The third-order valence-corrected chi connectivity index (χ3v) is 3.90. The molecule has 2 heterocycles. The summed E-state index contributed by atoms with van der Waals surface area (Å²) in [5.41, 5.74) is 0. The molecule has 3 nitrogen and oxygen atoms in total. The first-order valence-corrected chi connectivity index (χ1v) is 6.78. The van der Waals surface area contributed by atoms with E-state index in [9.17, 15) is 0 Å². The second-order valence-electron chi connectivity index (χ2n) is 5.12. The monoisotopic (exact) mass is 251 g/mol. The van der Waals surface area contributed by atoms with Crippen LogP contribution in [-0.2, 0) is 0 Å². The number of nitrogens with zero attached hydrogens (tertiary/aromatic N) is 2. The Hall–Kier alpha value is -0.800. The highest BCUT2D eigenvalue weighted by molar-refractivity contribution is 6.30. The van der Waals surface area contributed by atoms with E-state index in [-0.39, 0.29) is 0 Å². The Morgan fingerprint density at radius 2 is 2.24 bits per heavy atom. The van der Waals surface area contributed by atoms with Crippen molar-refractivity contribution in [3.8, 4) is 0 Å². The highest BCUT2D eigenvalue weighted by Crippen LogP contribution is 2.31. The molecular weight excluding hydrogens is 234 g/mol. The maximum atomic E-state index is 5.80. The molecule has 2 aliphatic rings. The summed E-state index contributed by atoms with van der Waals surface area (Å²) in [5, 5.41) is 4.09. The summed E-state index contributed by atoms with van der Waals surface area (Å²) in [6.07, 6.45) is 5.84. The van der Waals surface area contributed by atoms with Crippen molar-refractivity contribution < 1.29 is 0 Å². The quantitative estimate of drug-likeness (QED) is 0.892. The molecule has 0 spiro atoms. The van der Waals surface area contributed by atoms with Crippen molar-refractivity contribution in [2.45, 2.75) is 25.3 Å². The zero-order valence-electron chi connectivity index (χ0n) is 9.90. The van der Waals surface area contributed by atoms with E-state index >= 15 is 0 Å². The highest BCUT2D eigenvalue weighted by atomic mass is 35.5. The molecule has 1 aromatic heterocycles. The van der Waals surface area contributed by atoms with E-state index in [0.29, 0.717) is 5.02 Å². The van der Waals surface area contributed by atoms with Crippen LogP contribution in [0.25, 0.3) is 0 Å². The van der Waals surface area contributed by atoms with Crippen LogP contribution in [0.3, 0.4) is 0 Å². The predicted octanol–water partition coefficient (Wildman–Crippen LogP) is 2.63. The summed E-state index contributed by atoms with van der Waals surface area (Å²) in [7, 11) is 0. The van der Waals surface area contributed by atoms with Crippen LogP contribution in [0.4, 0.5) is 5.82 Å². The number of nitrogens with one attached hydrogen (secondary N) is 1. The third kappa shape index (κ3) is 2.90. The lowest BCUT2D eigenvalue weighted by molar-refractivity contribution is 0.316. The lowest BCUT2D eigenvalue weighted by Gasteiger charge is -2.15. The molecule has 4 heteroatoms. The predicted molar refractivity (Wildman–Crippen MR) is 70.4 cm³/mol. The first-order valence-electron chi connectivity index (χ1n) is 6.41. The number of anilines is 1. The molecule has 0 amide bonds. The Morgan fingerprint density at radius 1 is 1.35 bits per heavy atom. The molecule has 17 heavy (non-hydrogen) atoms. The molecule has 1 aromatic rings. The minimum absolute atomic E-state index is 0.691. The van der Waals surface area contributed by atoms with Gasteiger partial charge in [0.2, 0.25) is 0 Å². The van der Waals surface area contributed by atoms with Crippen LogP contribution in [0.1, 0.15) is 19.3 Å². The Balaban J connectivity index is 1.46. The van der Waals surface area contributed by atoms with Crippen molar-refractivity contribution in [1.29, 1.82) is 0 Å². The van der Waals surface area contributed by atoms with Crippen molar-refractivity contribution in [2.75, 3.05) is 25.0 Å². The van der Waals surface area contributed by atoms with Gasteiger partial charge in [-0.15, -0.1) is 0 Å². The molecular formula is C13H18ClN3. The van der Waals surface area contributed by atoms with E-state index in [1.54, 1.807) is 6.20 Å². The molecule has 1 saturated carbocycles. The van der Waals surface area contributed by atoms with Crippen LogP contribution >= 0.6 is 11.6 Å². The molecule has 0 radical (unpaired) electrons. The van der Waals surface area contributed by atoms with Crippen molar-refractivity contribution in [1.82, 2.24) is 9.88 Å². The number of aromatic nitrogens is 1. The van der Waals surface area contributed by atoms with Gasteiger partial charge in [0, 0.05) is 25.3 Å². The Labute approximate surface area is 107 Å². The summed E-state index contributed by atoms with van der Waals surface area (Å²) < 4.78 is 0. The molecule has 0 aromatic carbocycles. The smallest absolute Gasteiger partial charge is 0.125 e. The van der Waals surface area contributed by atoms with E-state index in [1.807, 2.05) is 12.1 Å². The second-order valence-corrected chi connectivity index (χ2v) is 5.56. The number of pyridine rings is 1. The number of hydrogen-bond donors (Lipinski definition) is 1. The first kappa shape index (κ1) is 11.3. The van der Waals surface area contributed by atoms with Gasteiger partial charge in [-0.3, -0.25) is 0 Å². The van der Waals surface area contributed by atoms with Gasteiger partial charge in [0.25, 0.3) is 0 Å². The van der Waals surface area contributed by atoms with Gasteiger partial charge in [-0.1, -0.05) is 11.6 Å². The Morgan fingerprint density at radius 3 is 2.94 bits per heavy atom. The van der Waals surface area contributed by atoms with Crippen molar-refractivity contribution >= 4 is 17.4 Å². The fourth-order valence-electron chi connectivity index (χ4n) is 2.53. The average Bonchev–Trinajstić information content (AvgIpc) is 3.09. The first-order chi connectivity index (χ1) is 8.31. The highest BCUT2D eigenvalue weighted by Gasteiger charge is 2.34. The summed E-state index contributed by atoms with van der Waals surface area (Å²) in [6.45, 7) is 3.56. The van der Waals surface area contributed by atoms with Crippen molar-refractivity contribution in [3.05, 3.63) is 23.4 Å². The number of halogens is 1. The summed E-state index contributed by atoms with van der Waals surface area (Å²) in [5.74, 6) is 1.70. The van der Waals surface area contributed by atoms with Crippen LogP contribution in [0, 0.1) is 5.92 Å². The number of likely N-dealkylation sites (tertiary alicyclic amines) is 1. The fourth-order valence-corrected chi connectivity index (χ4v) is 2.64. The van der Waals surface area contributed by atoms with E-state index in [0.717, 1.165) is 24.3 Å². The third-order valence-electron chi connectivity index (χ3n) is 3.68. The number of rotatable bonds is 4. The maximum absolute atomic E-state index is 5.80. The molecule has 1 N–H and O–H groups in total. The standard InChI is InChI=1S/C13H18ClN3/c14-11-1-4-13(16-8-11)15-7-10-5-6-17(9-10)12-2-3-12/h1,4,8,10,12H,2-3,5-7,9H2,(H,15,16). The van der Waals surface area contributed by atoms with Gasteiger partial charge in [-0.25, -0.2) is 4.98 Å². The summed E-state index contributed by atoms with van der Waals surface area (Å²) in [4.78, 5) is 6.89. The molecule has 3 rings (SSSR count). The van der Waals surface area contributed by atoms with Crippen LogP contribution < -0.4 is 5.32 Å². The van der Waals surface area contributed by atoms with Gasteiger partial charge >= 0.3 is 0 Å². The van der Waals surface area contributed by atoms with E-state index in [4.69, 9.17) is 11.6 Å². The summed E-state index contributed by atoms with van der Waals surface area (Å²) in [6, 6.07) is 4.73. The number of hydrogen-bond acceptors (Lipinski definition) is 3. The van der Waals surface area contributed by atoms with Gasteiger partial charge in [0.05, 0.1) is 5.02 Å². The minimum atomic E-state index is 0.691. The average molecular weight is 252 g/mol. The van der Waals surface area contributed by atoms with E-state index in [2.05, 4.69) is 15.2 Å². The Bertz CT molecular complexity index is 375. The van der Waals surface area contributed by atoms with Crippen LogP contribution in [0.5, 0.6) is 0 Å². The summed E-state index contributed by atoms with van der Waals surface area (Å²) >= 11 is 5.80. The lowest BCUT2D eigenvalue weighted by Crippen LogP contribution is -2.24. The molecule has 92 valence electrons. The molecule has 2 fully saturated rings. The molecule has 1 atom stereocenters. The largest absolute Gasteiger partial charge is 0.370 e. The Kier molecular flexibility index (Phi) is 3.21. The zero-order valence-corrected chi connectivity index (χ0v) is 10.7. The minimum Gasteiger partial charge on any atom is -0.370 e. The van der Waals surface area contributed by atoms with E-state index in [1.165, 1.54) is 32.4 Å². The lowest BCUT2D eigenvalue weighted by atomic mass is 10.1. The topological polar surface area (TPSA) is 28.2 Å². The second kappa shape index (κ2) is 4.83. The molecule has 1 saturated heterocycles. The van der Waals surface area contributed by atoms with Gasteiger partial charge in [-0.05, 0) is 43.9 Å². The SMILES string of the molecule is Clc1ccc(NCC2CCN(C3CC3)C2)nc1. The molecule has 1 unspecified atom stereocenters. The van der Waals surface area contributed by atoms with Crippen LogP contribution in [0.2, 0.25) is 5.02 Å². The zero-order chi connectivity index (χ0) is 11.7. The van der Waals surface area contributed by atoms with E-state index < -0.39 is 0 Å². The van der Waals surface area contributed by atoms with Crippen molar-refractivity contribution in [2.24, 2.45) is 5.92 Å².